The lowest BCUT2D eigenvalue weighted by atomic mass is 10.1. The zero-order valence-corrected chi connectivity index (χ0v) is 10.4. The zero-order valence-electron chi connectivity index (χ0n) is 10.4. The highest BCUT2D eigenvalue weighted by Crippen LogP contribution is 2.09. The normalized spacial score (nSPS) is 10.3. The standard InChI is InChI=1S/C12H15N5O/c1-9-10(7-15-17(9)2)3-4-12(18)16-11-8-13-5-6-14-11/h5-8H,3-4H2,1-2H3,(H,14,16,18). The van der Waals surface area contributed by atoms with Crippen LogP contribution >= 0.6 is 0 Å². The van der Waals surface area contributed by atoms with E-state index in [9.17, 15) is 4.79 Å². The van der Waals surface area contributed by atoms with Crippen molar-refractivity contribution < 1.29 is 4.79 Å². The van der Waals surface area contributed by atoms with Crippen LogP contribution in [0.15, 0.2) is 24.8 Å². The maximum absolute atomic E-state index is 11.7. The molecule has 0 aliphatic carbocycles. The number of aryl methyl sites for hydroxylation is 2. The van der Waals surface area contributed by atoms with E-state index in [2.05, 4.69) is 20.4 Å². The van der Waals surface area contributed by atoms with E-state index in [0.29, 0.717) is 18.7 Å². The summed E-state index contributed by atoms with van der Waals surface area (Å²) in [5, 5.41) is 6.84. The van der Waals surface area contributed by atoms with E-state index >= 15 is 0 Å². The van der Waals surface area contributed by atoms with Crippen LogP contribution in [0.25, 0.3) is 0 Å². The van der Waals surface area contributed by atoms with Gasteiger partial charge in [0.05, 0.1) is 12.4 Å². The molecule has 2 aromatic heterocycles. The van der Waals surface area contributed by atoms with Crippen molar-refractivity contribution in [3.05, 3.63) is 36.0 Å². The van der Waals surface area contributed by atoms with Gasteiger partial charge >= 0.3 is 0 Å². The lowest BCUT2D eigenvalue weighted by Crippen LogP contribution is -2.13. The Morgan fingerprint density at radius 2 is 2.22 bits per heavy atom. The second-order valence-corrected chi connectivity index (χ2v) is 4.02. The second-order valence-electron chi connectivity index (χ2n) is 4.02. The Balaban J connectivity index is 1.87. The van der Waals surface area contributed by atoms with Gasteiger partial charge in [0.15, 0.2) is 5.82 Å². The van der Waals surface area contributed by atoms with Gasteiger partial charge in [-0.2, -0.15) is 5.10 Å². The Kier molecular flexibility index (Phi) is 3.66. The van der Waals surface area contributed by atoms with E-state index < -0.39 is 0 Å². The first-order chi connectivity index (χ1) is 8.66. The van der Waals surface area contributed by atoms with Crippen LogP contribution in [0.2, 0.25) is 0 Å². The number of aromatic nitrogens is 4. The van der Waals surface area contributed by atoms with Crippen LogP contribution in [0.5, 0.6) is 0 Å². The van der Waals surface area contributed by atoms with Crippen LogP contribution < -0.4 is 5.32 Å². The molecule has 0 radical (unpaired) electrons. The van der Waals surface area contributed by atoms with E-state index in [0.717, 1.165) is 11.3 Å². The molecular formula is C12H15N5O. The third kappa shape index (κ3) is 2.91. The van der Waals surface area contributed by atoms with Crippen molar-refractivity contribution in [1.29, 1.82) is 0 Å². The fourth-order valence-electron chi connectivity index (χ4n) is 1.61. The molecule has 0 aromatic carbocycles. The Hall–Kier alpha value is -2.24. The average molecular weight is 245 g/mol. The van der Waals surface area contributed by atoms with Crippen LogP contribution in [0.1, 0.15) is 17.7 Å². The molecule has 1 amide bonds. The highest BCUT2D eigenvalue weighted by atomic mass is 16.1. The van der Waals surface area contributed by atoms with E-state index in [1.165, 1.54) is 6.20 Å². The van der Waals surface area contributed by atoms with Crippen LogP contribution in [-0.2, 0) is 18.3 Å². The Bertz CT molecular complexity index is 535. The monoisotopic (exact) mass is 245 g/mol. The van der Waals surface area contributed by atoms with Crippen molar-refractivity contribution >= 4 is 11.7 Å². The number of carbonyl (C=O) groups excluding carboxylic acids is 1. The van der Waals surface area contributed by atoms with Crippen molar-refractivity contribution in [3.8, 4) is 0 Å². The number of hydrogen-bond donors (Lipinski definition) is 1. The molecular weight excluding hydrogens is 230 g/mol. The molecule has 0 saturated carbocycles. The van der Waals surface area contributed by atoms with E-state index in [1.54, 1.807) is 23.3 Å². The smallest absolute Gasteiger partial charge is 0.225 e. The van der Waals surface area contributed by atoms with Crippen molar-refractivity contribution in [2.45, 2.75) is 19.8 Å². The molecule has 2 aromatic rings. The first kappa shape index (κ1) is 12.2. The summed E-state index contributed by atoms with van der Waals surface area (Å²) in [7, 11) is 1.89. The SMILES string of the molecule is Cc1c(CCC(=O)Nc2cnccn2)cnn1C. The molecule has 0 saturated heterocycles. The average Bonchev–Trinajstić information content (AvgIpc) is 2.69. The fraction of sp³-hybridized carbons (Fsp3) is 0.333. The predicted octanol–water partition coefficient (Wildman–Crippen LogP) is 1.09. The van der Waals surface area contributed by atoms with Gasteiger partial charge in [-0.15, -0.1) is 0 Å². The topological polar surface area (TPSA) is 72.7 Å². The van der Waals surface area contributed by atoms with Crippen LogP contribution in [-0.4, -0.2) is 25.7 Å². The van der Waals surface area contributed by atoms with Gasteiger partial charge in [0.25, 0.3) is 0 Å². The minimum atomic E-state index is -0.0706. The van der Waals surface area contributed by atoms with E-state index in [4.69, 9.17) is 0 Å². The third-order valence-corrected chi connectivity index (χ3v) is 2.79. The number of rotatable bonds is 4. The Labute approximate surface area is 105 Å². The van der Waals surface area contributed by atoms with Gasteiger partial charge in [-0.1, -0.05) is 0 Å². The number of carbonyl (C=O) groups is 1. The highest BCUT2D eigenvalue weighted by molar-refractivity contribution is 5.89. The summed E-state index contributed by atoms with van der Waals surface area (Å²) in [6, 6.07) is 0. The van der Waals surface area contributed by atoms with Gasteiger partial charge < -0.3 is 5.32 Å². The zero-order chi connectivity index (χ0) is 13.0. The first-order valence-corrected chi connectivity index (χ1v) is 5.70. The van der Waals surface area contributed by atoms with Crippen molar-refractivity contribution in [2.24, 2.45) is 7.05 Å². The van der Waals surface area contributed by atoms with Crippen LogP contribution in [0, 0.1) is 6.92 Å². The first-order valence-electron chi connectivity index (χ1n) is 5.70. The molecule has 18 heavy (non-hydrogen) atoms. The maximum Gasteiger partial charge on any atom is 0.225 e. The molecule has 0 aliphatic rings. The number of anilines is 1. The van der Waals surface area contributed by atoms with Crippen LogP contribution in [0.4, 0.5) is 5.82 Å². The summed E-state index contributed by atoms with van der Waals surface area (Å²) in [5.74, 6) is 0.407. The molecule has 2 heterocycles. The number of nitrogens with one attached hydrogen (secondary N) is 1. The summed E-state index contributed by atoms with van der Waals surface area (Å²) in [4.78, 5) is 19.6. The molecule has 0 unspecified atom stereocenters. The minimum absolute atomic E-state index is 0.0706. The maximum atomic E-state index is 11.7. The second kappa shape index (κ2) is 5.39. The number of amides is 1. The summed E-state index contributed by atoms with van der Waals surface area (Å²) >= 11 is 0. The molecule has 0 atom stereocenters. The molecule has 94 valence electrons. The largest absolute Gasteiger partial charge is 0.309 e. The van der Waals surface area contributed by atoms with Crippen molar-refractivity contribution in [1.82, 2.24) is 19.7 Å². The number of hydrogen-bond acceptors (Lipinski definition) is 4. The minimum Gasteiger partial charge on any atom is -0.309 e. The Morgan fingerprint density at radius 1 is 1.39 bits per heavy atom. The summed E-state index contributed by atoms with van der Waals surface area (Å²) in [6.07, 6.45) is 7.50. The van der Waals surface area contributed by atoms with Crippen LogP contribution in [0.3, 0.4) is 0 Å². The molecule has 1 N–H and O–H groups in total. The van der Waals surface area contributed by atoms with E-state index in [-0.39, 0.29) is 5.91 Å². The molecule has 0 spiro atoms. The molecule has 6 nitrogen and oxygen atoms in total. The fourth-order valence-corrected chi connectivity index (χ4v) is 1.61. The quantitative estimate of drug-likeness (QED) is 0.875. The summed E-state index contributed by atoms with van der Waals surface area (Å²) in [6.45, 7) is 1.99. The predicted molar refractivity (Wildman–Crippen MR) is 66.9 cm³/mol. The van der Waals surface area contributed by atoms with Gasteiger partial charge in [0.1, 0.15) is 0 Å². The van der Waals surface area contributed by atoms with Gasteiger partial charge in [-0.05, 0) is 18.9 Å². The Morgan fingerprint density at radius 3 is 2.83 bits per heavy atom. The molecule has 2 rings (SSSR count). The summed E-state index contributed by atoms with van der Waals surface area (Å²) in [5.41, 5.74) is 2.18. The molecule has 0 bridgehead atoms. The van der Waals surface area contributed by atoms with Crippen molar-refractivity contribution in [2.75, 3.05) is 5.32 Å². The number of nitrogens with zero attached hydrogens (tertiary/aromatic N) is 4. The van der Waals surface area contributed by atoms with Gasteiger partial charge in [-0.3, -0.25) is 14.5 Å². The van der Waals surface area contributed by atoms with Crippen molar-refractivity contribution in [3.63, 3.8) is 0 Å². The van der Waals surface area contributed by atoms with Gasteiger partial charge in [0.2, 0.25) is 5.91 Å². The lowest BCUT2D eigenvalue weighted by molar-refractivity contribution is -0.116. The summed E-state index contributed by atoms with van der Waals surface area (Å²) < 4.78 is 1.80. The molecule has 0 aliphatic heterocycles. The van der Waals surface area contributed by atoms with Gasteiger partial charge in [-0.25, -0.2) is 4.98 Å². The van der Waals surface area contributed by atoms with E-state index in [1.807, 2.05) is 14.0 Å². The third-order valence-electron chi connectivity index (χ3n) is 2.79. The molecule has 0 fully saturated rings. The highest BCUT2D eigenvalue weighted by Gasteiger charge is 2.07. The molecule has 6 heteroatoms. The van der Waals surface area contributed by atoms with Gasteiger partial charge in [0, 0.05) is 31.6 Å². The lowest BCUT2D eigenvalue weighted by Gasteiger charge is -2.03.